The minimum Gasteiger partial charge on any atom is -0.492 e. The number of ether oxygens (including phenoxy) is 1. The molecule has 0 saturated heterocycles. The molecule has 1 N–H and O–H groups in total. The largest absolute Gasteiger partial charge is 0.492 e. The van der Waals surface area contributed by atoms with Crippen molar-refractivity contribution in [3.8, 4) is 5.75 Å². The number of nitrogens with one attached hydrogen (secondary N) is 1. The number of oxazole rings is 1. The number of aryl methyl sites for hydroxylation is 2. The molecule has 0 unspecified atom stereocenters. The van der Waals surface area contributed by atoms with Gasteiger partial charge in [0, 0.05) is 12.8 Å². The van der Waals surface area contributed by atoms with Crippen LogP contribution in [0.1, 0.15) is 50.6 Å². The van der Waals surface area contributed by atoms with E-state index in [0.29, 0.717) is 38.3 Å². The Labute approximate surface area is 172 Å². The molecule has 0 aliphatic rings. The first-order valence-electron chi connectivity index (χ1n) is 10.2. The van der Waals surface area contributed by atoms with E-state index in [-0.39, 0.29) is 11.3 Å². The van der Waals surface area contributed by atoms with Gasteiger partial charge in [0.15, 0.2) is 11.5 Å². The second-order valence-corrected chi connectivity index (χ2v) is 8.41. The topological polar surface area (TPSA) is 64.4 Å². The number of amides is 1. The number of hydrogen-bond acceptors (Lipinski definition) is 4. The predicted octanol–water partition coefficient (Wildman–Crippen LogP) is 4.95. The molecular formula is C24H30N2O3. The lowest BCUT2D eigenvalue weighted by atomic mass is 9.87. The highest BCUT2D eigenvalue weighted by molar-refractivity contribution is 5.76. The van der Waals surface area contributed by atoms with Crippen molar-refractivity contribution in [2.45, 2.75) is 52.4 Å². The molecule has 0 aliphatic carbocycles. The quantitative estimate of drug-likeness (QED) is 0.549. The van der Waals surface area contributed by atoms with Crippen molar-refractivity contribution in [3.05, 3.63) is 59.5 Å². The van der Waals surface area contributed by atoms with Crippen LogP contribution in [0, 0.1) is 6.92 Å². The molecule has 5 nitrogen and oxygen atoms in total. The fourth-order valence-corrected chi connectivity index (χ4v) is 3.09. The molecule has 3 rings (SSSR count). The Bertz CT molecular complexity index is 952. The fourth-order valence-electron chi connectivity index (χ4n) is 3.09. The van der Waals surface area contributed by atoms with Gasteiger partial charge >= 0.3 is 0 Å². The smallest absolute Gasteiger partial charge is 0.220 e. The summed E-state index contributed by atoms with van der Waals surface area (Å²) < 4.78 is 11.4. The molecule has 154 valence electrons. The van der Waals surface area contributed by atoms with Gasteiger partial charge in [0.2, 0.25) is 5.91 Å². The third kappa shape index (κ3) is 6.08. The molecule has 1 amide bonds. The number of fused-ring (bicyclic) bond motifs is 1. The summed E-state index contributed by atoms with van der Waals surface area (Å²) in [6, 6.07) is 14.1. The first-order valence-corrected chi connectivity index (χ1v) is 10.2. The Balaban J connectivity index is 1.33. The summed E-state index contributed by atoms with van der Waals surface area (Å²) in [7, 11) is 0. The van der Waals surface area contributed by atoms with Crippen LogP contribution in [0.25, 0.3) is 11.1 Å². The lowest BCUT2D eigenvalue weighted by Gasteiger charge is -2.19. The second-order valence-electron chi connectivity index (χ2n) is 8.41. The maximum absolute atomic E-state index is 12.0. The van der Waals surface area contributed by atoms with E-state index in [1.165, 1.54) is 5.56 Å². The van der Waals surface area contributed by atoms with Gasteiger partial charge in [-0.2, -0.15) is 0 Å². The van der Waals surface area contributed by atoms with Crippen LogP contribution in [-0.2, 0) is 16.6 Å². The van der Waals surface area contributed by atoms with Crippen LogP contribution in [0.5, 0.6) is 5.75 Å². The van der Waals surface area contributed by atoms with Crippen molar-refractivity contribution in [2.24, 2.45) is 0 Å². The Hall–Kier alpha value is -2.82. The first kappa shape index (κ1) is 20.9. The van der Waals surface area contributed by atoms with Gasteiger partial charge in [0.1, 0.15) is 17.9 Å². The summed E-state index contributed by atoms with van der Waals surface area (Å²) >= 11 is 0. The number of aromatic nitrogens is 1. The number of carbonyl (C=O) groups excluding carboxylic acids is 1. The highest BCUT2D eigenvalue weighted by Crippen LogP contribution is 2.24. The van der Waals surface area contributed by atoms with Crippen molar-refractivity contribution in [3.63, 3.8) is 0 Å². The monoisotopic (exact) mass is 394 g/mol. The molecule has 0 saturated carbocycles. The molecule has 1 aromatic heterocycles. The lowest BCUT2D eigenvalue weighted by molar-refractivity contribution is -0.121. The van der Waals surface area contributed by atoms with Crippen LogP contribution in [0.4, 0.5) is 0 Å². The number of nitrogens with zero attached hydrogens (tertiary/aromatic N) is 1. The van der Waals surface area contributed by atoms with Crippen LogP contribution in [-0.4, -0.2) is 24.0 Å². The third-order valence-electron chi connectivity index (χ3n) is 4.80. The van der Waals surface area contributed by atoms with Crippen molar-refractivity contribution in [1.82, 2.24) is 10.3 Å². The molecule has 0 atom stereocenters. The maximum Gasteiger partial charge on any atom is 0.220 e. The van der Waals surface area contributed by atoms with Crippen LogP contribution >= 0.6 is 0 Å². The van der Waals surface area contributed by atoms with Crippen LogP contribution < -0.4 is 10.1 Å². The Morgan fingerprint density at radius 2 is 1.90 bits per heavy atom. The van der Waals surface area contributed by atoms with Crippen molar-refractivity contribution in [2.75, 3.05) is 13.2 Å². The highest BCUT2D eigenvalue weighted by atomic mass is 16.5. The summed E-state index contributed by atoms with van der Waals surface area (Å²) in [5.74, 6) is 1.52. The summed E-state index contributed by atoms with van der Waals surface area (Å²) in [6.07, 6.45) is 1.79. The van der Waals surface area contributed by atoms with Gasteiger partial charge in [-0.15, -0.1) is 0 Å². The highest BCUT2D eigenvalue weighted by Gasteiger charge is 2.13. The zero-order valence-electron chi connectivity index (χ0n) is 17.7. The van der Waals surface area contributed by atoms with Crippen LogP contribution in [0.3, 0.4) is 0 Å². The molecule has 1 heterocycles. The van der Waals surface area contributed by atoms with Gasteiger partial charge in [-0.05, 0) is 54.2 Å². The van der Waals surface area contributed by atoms with Gasteiger partial charge in [0.05, 0.1) is 6.54 Å². The minimum atomic E-state index is 0.0173. The average molecular weight is 395 g/mol. The predicted molar refractivity (Wildman–Crippen MR) is 115 cm³/mol. The molecule has 0 aliphatic heterocycles. The van der Waals surface area contributed by atoms with Crippen molar-refractivity contribution in [1.29, 1.82) is 0 Å². The molecular weight excluding hydrogens is 364 g/mol. The number of benzene rings is 2. The Morgan fingerprint density at radius 3 is 2.62 bits per heavy atom. The van der Waals surface area contributed by atoms with E-state index in [4.69, 9.17) is 9.15 Å². The van der Waals surface area contributed by atoms with E-state index >= 15 is 0 Å². The maximum atomic E-state index is 12.0. The molecule has 0 radical (unpaired) electrons. The minimum absolute atomic E-state index is 0.0173. The van der Waals surface area contributed by atoms with E-state index in [1.54, 1.807) is 0 Å². The van der Waals surface area contributed by atoms with E-state index < -0.39 is 0 Å². The third-order valence-corrected chi connectivity index (χ3v) is 4.80. The summed E-state index contributed by atoms with van der Waals surface area (Å²) in [5.41, 5.74) is 4.22. The molecule has 29 heavy (non-hydrogen) atoms. The first-order chi connectivity index (χ1) is 13.8. The summed E-state index contributed by atoms with van der Waals surface area (Å²) in [6.45, 7) is 9.52. The molecule has 3 aromatic rings. The van der Waals surface area contributed by atoms with E-state index in [2.05, 4.69) is 43.2 Å². The van der Waals surface area contributed by atoms with Gasteiger partial charge in [-0.1, -0.05) is 39.0 Å². The summed E-state index contributed by atoms with van der Waals surface area (Å²) in [5, 5.41) is 2.89. The van der Waals surface area contributed by atoms with Gasteiger partial charge < -0.3 is 14.5 Å². The second kappa shape index (κ2) is 9.12. The van der Waals surface area contributed by atoms with E-state index in [9.17, 15) is 4.79 Å². The zero-order valence-corrected chi connectivity index (χ0v) is 17.7. The van der Waals surface area contributed by atoms with Gasteiger partial charge in [-0.3, -0.25) is 4.79 Å². The molecule has 0 bridgehead atoms. The lowest BCUT2D eigenvalue weighted by Crippen LogP contribution is -2.27. The molecule has 0 spiro atoms. The standard InChI is InChI=1S/C24H30N2O3/c1-17-8-13-21-20(16-17)26-23(29-21)7-5-6-22(27)25-14-15-28-19-11-9-18(10-12-19)24(2,3)4/h8-13,16H,5-7,14-15H2,1-4H3,(H,25,27). The Morgan fingerprint density at radius 1 is 1.14 bits per heavy atom. The van der Waals surface area contributed by atoms with Crippen LogP contribution in [0.2, 0.25) is 0 Å². The normalized spacial score (nSPS) is 11.6. The van der Waals surface area contributed by atoms with Crippen molar-refractivity contribution < 1.29 is 13.9 Å². The van der Waals surface area contributed by atoms with Crippen molar-refractivity contribution >= 4 is 17.0 Å². The molecule has 0 fully saturated rings. The number of carbonyl (C=O) groups is 1. The molecule has 2 aromatic carbocycles. The summed E-state index contributed by atoms with van der Waals surface area (Å²) in [4.78, 5) is 16.5. The number of hydrogen-bond donors (Lipinski definition) is 1. The average Bonchev–Trinajstić information content (AvgIpc) is 3.06. The zero-order chi connectivity index (χ0) is 20.9. The fraction of sp³-hybridized carbons (Fsp3) is 0.417. The SMILES string of the molecule is Cc1ccc2oc(CCCC(=O)NCCOc3ccc(C(C)(C)C)cc3)nc2c1. The van der Waals surface area contributed by atoms with Gasteiger partial charge in [-0.25, -0.2) is 4.98 Å². The van der Waals surface area contributed by atoms with E-state index in [0.717, 1.165) is 22.4 Å². The van der Waals surface area contributed by atoms with Crippen LogP contribution in [0.15, 0.2) is 46.9 Å². The number of rotatable bonds is 8. The van der Waals surface area contributed by atoms with Gasteiger partial charge in [0.25, 0.3) is 0 Å². The Kier molecular flexibility index (Phi) is 6.57. The molecule has 5 heteroatoms. The van der Waals surface area contributed by atoms with E-state index in [1.807, 2.05) is 37.3 Å².